The molecule has 0 spiro atoms. The van der Waals surface area contributed by atoms with Gasteiger partial charge >= 0.3 is 0 Å². The molecule has 2 aliphatic rings. The van der Waals surface area contributed by atoms with Crippen LogP contribution in [0.25, 0.3) is 0 Å². The van der Waals surface area contributed by atoms with Gasteiger partial charge in [0.15, 0.2) is 5.82 Å². The third-order valence-corrected chi connectivity index (χ3v) is 4.95. The summed E-state index contributed by atoms with van der Waals surface area (Å²) in [6, 6.07) is 12.9. The monoisotopic (exact) mass is 308 g/mol. The fraction of sp³-hybridized carbons (Fsp3) is 0.474. The Hall–Kier alpha value is -1.94. The van der Waals surface area contributed by atoms with Crippen molar-refractivity contribution in [1.29, 1.82) is 0 Å². The highest BCUT2D eigenvalue weighted by molar-refractivity contribution is 5.45. The molecule has 120 valence electrons. The van der Waals surface area contributed by atoms with Gasteiger partial charge in [0.25, 0.3) is 0 Å². The predicted octanol–water partition coefficient (Wildman–Crippen LogP) is 2.23. The fourth-order valence-electron chi connectivity index (χ4n) is 3.54. The molecule has 0 amide bonds. The second-order valence-corrected chi connectivity index (χ2v) is 6.74. The first kappa shape index (κ1) is 14.6. The van der Waals surface area contributed by atoms with Gasteiger partial charge in [-0.05, 0) is 49.4 Å². The van der Waals surface area contributed by atoms with Gasteiger partial charge in [0.1, 0.15) is 0 Å². The van der Waals surface area contributed by atoms with Gasteiger partial charge in [-0.25, -0.2) is 0 Å². The highest BCUT2D eigenvalue weighted by Crippen LogP contribution is 2.26. The lowest BCUT2D eigenvalue weighted by Gasteiger charge is -2.40. The molecule has 4 nitrogen and oxygen atoms in total. The quantitative estimate of drug-likeness (QED) is 0.831. The van der Waals surface area contributed by atoms with Crippen LogP contribution in [0.4, 0.5) is 5.82 Å². The van der Waals surface area contributed by atoms with Gasteiger partial charge < -0.3 is 10.2 Å². The van der Waals surface area contributed by atoms with E-state index < -0.39 is 0 Å². The molecule has 1 fully saturated rings. The Labute approximate surface area is 137 Å². The molecule has 1 aliphatic carbocycles. The first-order chi connectivity index (χ1) is 11.4. The molecule has 1 N–H and O–H groups in total. The Morgan fingerprint density at radius 3 is 2.83 bits per heavy atom. The van der Waals surface area contributed by atoms with E-state index in [1.807, 2.05) is 0 Å². The lowest BCUT2D eigenvalue weighted by Crippen LogP contribution is -2.51. The van der Waals surface area contributed by atoms with E-state index in [0.717, 1.165) is 50.8 Å². The largest absolute Gasteiger partial charge is 0.354 e. The van der Waals surface area contributed by atoms with Crippen molar-refractivity contribution in [3.8, 4) is 0 Å². The number of nitrogens with one attached hydrogen (secondary N) is 1. The summed E-state index contributed by atoms with van der Waals surface area (Å²) in [5, 5.41) is 12.4. The van der Waals surface area contributed by atoms with Crippen molar-refractivity contribution in [3.05, 3.63) is 53.2 Å². The van der Waals surface area contributed by atoms with E-state index in [1.54, 1.807) is 0 Å². The average molecular weight is 308 g/mol. The Balaban J connectivity index is 1.18. The van der Waals surface area contributed by atoms with E-state index in [4.69, 9.17) is 0 Å². The number of fused-ring (bicyclic) bond motifs is 1. The zero-order valence-corrected chi connectivity index (χ0v) is 13.5. The van der Waals surface area contributed by atoms with Gasteiger partial charge in [0, 0.05) is 25.6 Å². The normalized spacial score (nSPS) is 17.1. The maximum absolute atomic E-state index is 4.40. The number of nitrogens with zero attached hydrogens (tertiary/aromatic N) is 3. The van der Waals surface area contributed by atoms with E-state index in [-0.39, 0.29) is 0 Å². The molecule has 1 aromatic heterocycles. The summed E-state index contributed by atoms with van der Waals surface area (Å²) in [6.07, 6.45) is 4.63. The molecular weight excluding hydrogens is 284 g/mol. The molecule has 23 heavy (non-hydrogen) atoms. The molecule has 1 saturated heterocycles. The van der Waals surface area contributed by atoms with Crippen molar-refractivity contribution >= 4 is 5.82 Å². The van der Waals surface area contributed by atoms with Crippen molar-refractivity contribution < 1.29 is 0 Å². The third kappa shape index (κ3) is 3.37. The summed E-state index contributed by atoms with van der Waals surface area (Å²) in [6.45, 7) is 4.36. The number of hydrogen-bond acceptors (Lipinski definition) is 4. The molecule has 1 aromatic carbocycles. The maximum Gasteiger partial charge on any atom is 0.151 e. The molecule has 0 radical (unpaired) electrons. The molecule has 2 heterocycles. The first-order valence-electron chi connectivity index (χ1n) is 8.73. The lowest BCUT2D eigenvalue weighted by atomic mass is 10.00. The highest BCUT2D eigenvalue weighted by Gasteiger charge is 2.28. The smallest absolute Gasteiger partial charge is 0.151 e. The Bertz CT molecular complexity index is 650. The minimum Gasteiger partial charge on any atom is -0.354 e. The molecule has 1 aliphatic heterocycles. The van der Waals surface area contributed by atoms with Crippen LogP contribution >= 0.6 is 0 Å². The van der Waals surface area contributed by atoms with Crippen LogP contribution in [0.3, 0.4) is 0 Å². The standard InChI is InChI=1S/C19H24N4/c1-2-5-15(6-3-1)9-10-20-12-16-13-23(14-16)19-11-17-7-4-8-18(17)21-22-19/h1-3,5-6,11,16,20H,4,7-10,12-14H2. The second kappa shape index (κ2) is 6.67. The van der Waals surface area contributed by atoms with Crippen LogP contribution in [0.1, 0.15) is 23.2 Å². The van der Waals surface area contributed by atoms with Crippen molar-refractivity contribution in [2.75, 3.05) is 31.1 Å². The molecule has 2 aromatic rings. The number of aryl methyl sites for hydroxylation is 2. The van der Waals surface area contributed by atoms with E-state index in [0.29, 0.717) is 0 Å². The van der Waals surface area contributed by atoms with Crippen LogP contribution in [0.15, 0.2) is 36.4 Å². The van der Waals surface area contributed by atoms with E-state index >= 15 is 0 Å². The number of hydrogen-bond donors (Lipinski definition) is 1. The average Bonchev–Trinajstić information content (AvgIpc) is 3.01. The van der Waals surface area contributed by atoms with Crippen molar-refractivity contribution in [1.82, 2.24) is 15.5 Å². The predicted molar refractivity (Wildman–Crippen MR) is 92.8 cm³/mol. The molecular formula is C19H24N4. The van der Waals surface area contributed by atoms with E-state index in [1.165, 1.54) is 29.7 Å². The van der Waals surface area contributed by atoms with Crippen LogP contribution in [-0.4, -0.2) is 36.4 Å². The van der Waals surface area contributed by atoms with Crippen molar-refractivity contribution in [2.45, 2.75) is 25.7 Å². The van der Waals surface area contributed by atoms with Gasteiger partial charge in [-0.3, -0.25) is 0 Å². The zero-order chi connectivity index (χ0) is 15.5. The summed E-state index contributed by atoms with van der Waals surface area (Å²) in [5.74, 6) is 1.81. The Morgan fingerprint density at radius 1 is 1.09 bits per heavy atom. The van der Waals surface area contributed by atoms with Crippen molar-refractivity contribution in [3.63, 3.8) is 0 Å². The summed E-state index contributed by atoms with van der Waals surface area (Å²) < 4.78 is 0. The highest BCUT2D eigenvalue weighted by atomic mass is 15.3. The second-order valence-electron chi connectivity index (χ2n) is 6.74. The minimum atomic E-state index is 0.737. The summed E-state index contributed by atoms with van der Waals surface area (Å²) in [4.78, 5) is 2.36. The number of anilines is 1. The van der Waals surface area contributed by atoms with Crippen LogP contribution in [0.2, 0.25) is 0 Å². The molecule has 0 saturated carbocycles. The maximum atomic E-state index is 4.40. The first-order valence-corrected chi connectivity index (χ1v) is 8.73. The van der Waals surface area contributed by atoms with E-state index in [2.05, 4.69) is 56.8 Å². The van der Waals surface area contributed by atoms with Gasteiger partial charge in [-0.15, -0.1) is 5.10 Å². The van der Waals surface area contributed by atoms with E-state index in [9.17, 15) is 0 Å². The SMILES string of the molecule is c1ccc(CCNCC2CN(c3cc4c(nn3)CCC4)C2)cc1. The van der Waals surface area contributed by atoms with Crippen LogP contribution in [-0.2, 0) is 19.3 Å². The van der Waals surface area contributed by atoms with Gasteiger partial charge in [0.05, 0.1) is 5.69 Å². The number of benzene rings is 1. The number of rotatable bonds is 6. The summed E-state index contributed by atoms with van der Waals surface area (Å²) in [7, 11) is 0. The van der Waals surface area contributed by atoms with Crippen LogP contribution in [0.5, 0.6) is 0 Å². The van der Waals surface area contributed by atoms with Gasteiger partial charge in [0.2, 0.25) is 0 Å². The molecule has 0 atom stereocenters. The Morgan fingerprint density at radius 2 is 1.96 bits per heavy atom. The molecule has 4 rings (SSSR count). The Kier molecular flexibility index (Phi) is 4.24. The van der Waals surface area contributed by atoms with Crippen LogP contribution in [0, 0.1) is 5.92 Å². The number of aromatic nitrogens is 2. The topological polar surface area (TPSA) is 41.0 Å². The van der Waals surface area contributed by atoms with Crippen molar-refractivity contribution in [2.24, 2.45) is 5.92 Å². The van der Waals surface area contributed by atoms with Crippen LogP contribution < -0.4 is 10.2 Å². The molecule has 0 unspecified atom stereocenters. The fourth-order valence-corrected chi connectivity index (χ4v) is 3.54. The lowest BCUT2D eigenvalue weighted by molar-refractivity contribution is 0.383. The summed E-state index contributed by atoms with van der Waals surface area (Å²) >= 11 is 0. The zero-order valence-electron chi connectivity index (χ0n) is 13.5. The molecule has 0 bridgehead atoms. The van der Waals surface area contributed by atoms with Gasteiger partial charge in [-0.1, -0.05) is 30.3 Å². The summed E-state index contributed by atoms with van der Waals surface area (Å²) in [5.41, 5.74) is 4.04. The van der Waals surface area contributed by atoms with Gasteiger partial charge in [-0.2, -0.15) is 5.10 Å². The third-order valence-electron chi connectivity index (χ3n) is 4.95. The molecule has 4 heteroatoms. The minimum absolute atomic E-state index is 0.737.